The lowest BCUT2D eigenvalue weighted by Gasteiger charge is -2.58. The van der Waals surface area contributed by atoms with Gasteiger partial charge in [0.05, 0.1) is 37.0 Å². The van der Waals surface area contributed by atoms with Crippen molar-refractivity contribution >= 4 is 31.3 Å². The Balaban J connectivity index is 1.84. The van der Waals surface area contributed by atoms with Gasteiger partial charge in [0.25, 0.3) is 5.88 Å². The molecule has 50 heavy (non-hydrogen) atoms. The first-order valence-corrected chi connectivity index (χ1v) is 20.9. The summed E-state index contributed by atoms with van der Waals surface area (Å²) in [6.45, 7) is 14.7. The number of ketones is 2. The van der Waals surface area contributed by atoms with Crippen LogP contribution < -0.4 is 14.4 Å². The van der Waals surface area contributed by atoms with Gasteiger partial charge in [-0.1, -0.05) is 47.5 Å². The highest BCUT2D eigenvalue weighted by Gasteiger charge is 2.71. The van der Waals surface area contributed by atoms with Crippen LogP contribution in [0.1, 0.15) is 100 Å². The van der Waals surface area contributed by atoms with Crippen LogP contribution in [0.4, 0.5) is 5.69 Å². The summed E-state index contributed by atoms with van der Waals surface area (Å²) >= 11 is 0. The van der Waals surface area contributed by atoms with Crippen molar-refractivity contribution in [3.63, 3.8) is 0 Å². The number of hydrogen-bond donors (Lipinski definition) is 2. The summed E-state index contributed by atoms with van der Waals surface area (Å²) in [5, 5.41) is 27.8. The van der Waals surface area contributed by atoms with Crippen molar-refractivity contribution in [3.8, 4) is 11.6 Å². The molecule has 0 amide bonds. The molecule has 11 nitrogen and oxygen atoms in total. The minimum Gasteiger partial charge on any atom is -0.507 e. The number of ether oxygens (including phenoxy) is 2. The van der Waals surface area contributed by atoms with Gasteiger partial charge in [-0.05, 0) is 80.8 Å². The summed E-state index contributed by atoms with van der Waals surface area (Å²) in [6.07, 6.45) is 3.78. The average molecular weight is 712 g/mol. The lowest BCUT2D eigenvalue weighted by molar-refractivity contribution is -0.145. The number of anilines is 1. The largest absolute Gasteiger partial charge is 0.507 e. The Morgan fingerprint density at radius 3 is 2.20 bits per heavy atom. The molecule has 12 heteroatoms. The fourth-order valence-electron chi connectivity index (χ4n) is 7.77. The Labute approximate surface area is 298 Å². The molecule has 5 rings (SSSR count). The Hall–Kier alpha value is -3.19. The van der Waals surface area contributed by atoms with Gasteiger partial charge in [-0.15, -0.1) is 0 Å². The van der Waals surface area contributed by atoms with Crippen LogP contribution in [0.5, 0.6) is 11.6 Å². The maximum Gasteiger partial charge on any atom is 0.265 e. The van der Waals surface area contributed by atoms with Crippen molar-refractivity contribution in [2.45, 2.75) is 103 Å². The minimum absolute atomic E-state index is 0.0120. The molecule has 1 heterocycles. The number of nitrogens with zero attached hydrogens (tertiary/aromatic N) is 3. The highest BCUT2D eigenvalue weighted by molar-refractivity contribution is 6.74. The molecule has 2 N–H and O–H groups in total. The van der Waals surface area contributed by atoms with E-state index in [1.165, 1.54) is 0 Å². The average Bonchev–Trinajstić information content (AvgIpc) is 3.44. The molecule has 1 aromatic heterocycles. The Morgan fingerprint density at radius 2 is 1.64 bits per heavy atom. The predicted octanol–water partition coefficient (Wildman–Crippen LogP) is 6.75. The fourth-order valence-corrected chi connectivity index (χ4v) is 9.21. The van der Waals surface area contributed by atoms with Crippen LogP contribution in [0, 0.1) is 11.3 Å². The molecule has 1 saturated carbocycles. The Bertz CT molecular complexity index is 1660. The van der Waals surface area contributed by atoms with Crippen molar-refractivity contribution in [1.29, 1.82) is 0 Å². The molecule has 1 aromatic carbocycles. The van der Waals surface area contributed by atoms with E-state index in [0.717, 1.165) is 36.9 Å². The Morgan fingerprint density at radius 1 is 1.00 bits per heavy atom. The standard InChI is InChI=1S/C38H57N3O8Si/c1-12-14-18-46-26-17-16-25(40(6)7)23-20-37(22-42)21-24-30(41(8)9)32-28(35(39-48-32)47-19-15-13-2)33(44)38(24,49-50(10,11)36(3,4)5)34(45)29(37)31(43)27(23)26/h16-17,24,30,42-43H,12-15,18-22H2,1-11H3/t24-,30-,37-,38+/m0/s1. The van der Waals surface area contributed by atoms with Gasteiger partial charge >= 0.3 is 0 Å². The highest BCUT2D eigenvalue weighted by atomic mass is 28.4. The second kappa shape index (κ2) is 13.7. The van der Waals surface area contributed by atoms with E-state index in [4.69, 9.17) is 18.4 Å². The summed E-state index contributed by atoms with van der Waals surface area (Å²) in [5.41, 5.74) is -1.10. The first-order chi connectivity index (χ1) is 23.4. The zero-order chi connectivity index (χ0) is 37.0. The van der Waals surface area contributed by atoms with Gasteiger partial charge < -0.3 is 33.5 Å². The number of fused-ring (bicyclic) bond motifs is 4. The second-order valence-corrected chi connectivity index (χ2v) is 21.0. The van der Waals surface area contributed by atoms with Gasteiger partial charge in [-0.3, -0.25) is 14.5 Å². The zero-order valence-electron chi connectivity index (χ0n) is 31.9. The van der Waals surface area contributed by atoms with Crippen LogP contribution in [0.15, 0.2) is 22.2 Å². The van der Waals surface area contributed by atoms with Gasteiger partial charge in [0.2, 0.25) is 11.6 Å². The first kappa shape index (κ1) is 38.0. The number of aliphatic hydroxyl groups excluding tert-OH is 2. The predicted molar refractivity (Wildman–Crippen MR) is 196 cm³/mol. The summed E-state index contributed by atoms with van der Waals surface area (Å²) < 4.78 is 25.4. The normalized spacial score (nSPS) is 24.9. The number of aliphatic hydroxyl groups is 2. The van der Waals surface area contributed by atoms with Gasteiger partial charge in [-0.25, -0.2) is 0 Å². The van der Waals surface area contributed by atoms with Crippen LogP contribution in [0.3, 0.4) is 0 Å². The third-order valence-electron chi connectivity index (χ3n) is 11.4. The number of carbonyl (C=O) groups is 2. The number of unbranched alkanes of at least 4 members (excludes halogenated alkanes) is 2. The first-order valence-electron chi connectivity index (χ1n) is 18.0. The highest BCUT2D eigenvalue weighted by Crippen LogP contribution is 2.63. The molecular weight excluding hydrogens is 655 g/mol. The summed E-state index contributed by atoms with van der Waals surface area (Å²) in [5.74, 6) is -1.44. The zero-order valence-corrected chi connectivity index (χ0v) is 32.9. The summed E-state index contributed by atoms with van der Waals surface area (Å²) in [4.78, 5) is 35.0. The third-order valence-corrected chi connectivity index (χ3v) is 15.9. The number of rotatable bonds is 13. The van der Waals surface area contributed by atoms with E-state index < -0.39 is 49.5 Å². The molecule has 0 saturated heterocycles. The monoisotopic (exact) mass is 711 g/mol. The Kier molecular flexibility index (Phi) is 10.5. The molecule has 3 aliphatic carbocycles. The van der Waals surface area contributed by atoms with Crippen LogP contribution in [0.25, 0.3) is 5.76 Å². The number of carbonyl (C=O) groups excluding carboxylic acids is 2. The van der Waals surface area contributed by atoms with Gasteiger partial charge in [0.15, 0.2) is 19.7 Å². The molecule has 0 radical (unpaired) electrons. The van der Waals surface area contributed by atoms with E-state index in [0.29, 0.717) is 30.3 Å². The number of aromatic nitrogens is 1. The quantitative estimate of drug-likeness (QED) is 0.130. The van der Waals surface area contributed by atoms with Crippen LogP contribution in [0.2, 0.25) is 18.1 Å². The number of hydrogen-bond acceptors (Lipinski definition) is 11. The van der Waals surface area contributed by atoms with Gasteiger partial charge in [-0.2, -0.15) is 0 Å². The van der Waals surface area contributed by atoms with E-state index in [9.17, 15) is 10.2 Å². The van der Waals surface area contributed by atoms with E-state index in [1.54, 1.807) is 0 Å². The molecule has 1 fully saturated rings. The maximum absolute atomic E-state index is 15.8. The number of Topliss-reactive ketones (excluding diaryl/α,β-unsaturated/α-hetero) is 2. The lowest BCUT2D eigenvalue weighted by atomic mass is 9.51. The van der Waals surface area contributed by atoms with Gasteiger partial charge in [0.1, 0.15) is 17.1 Å². The van der Waals surface area contributed by atoms with Crippen molar-refractivity contribution in [3.05, 3.63) is 40.2 Å². The molecule has 4 atom stereocenters. The van der Waals surface area contributed by atoms with E-state index >= 15 is 9.59 Å². The van der Waals surface area contributed by atoms with Crippen LogP contribution in [-0.2, 0) is 15.6 Å². The molecule has 0 bridgehead atoms. The molecule has 0 spiro atoms. The summed E-state index contributed by atoms with van der Waals surface area (Å²) in [6, 6.07) is 3.15. The summed E-state index contributed by atoms with van der Waals surface area (Å²) in [7, 11) is 4.70. The smallest absolute Gasteiger partial charge is 0.265 e. The van der Waals surface area contributed by atoms with E-state index in [2.05, 4.69) is 32.9 Å². The van der Waals surface area contributed by atoms with Crippen molar-refractivity contribution in [2.24, 2.45) is 11.3 Å². The van der Waals surface area contributed by atoms with Crippen molar-refractivity contribution < 1.29 is 38.2 Å². The lowest BCUT2D eigenvalue weighted by Crippen LogP contribution is -2.70. The van der Waals surface area contributed by atoms with Crippen molar-refractivity contribution in [2.75, 3.05) is 52.9 Å². The fraction of sp³-hybridized carbons (Fsp3) is 0.658. The van der Waals surface area contributed by atoms with Crippen LogP contribution >= 0.6 is 0 Å². The van der Waals surface area contributed by atoms with Gasteiger partial charge in [0, 0.05) is 31.1 Å². The third kappa shape index (κ3) is 5.89. The van der Waals surface area contributed by atoms with Crippen molar-refractivity contribution in [1.82, 2.24) is 10.1 Å². The van der Waals surface area contributed by atoms with Crippen LogP contribution in [-0.4, -0.2) is 93.8 Å². The molecule has 3 aliphatic rings. The molecule has 0 aliphatic heterocycles. The molecular formula is C38H57N3O8Si. The SMILES string of the molecule is CCCCOc1ccc(N(C)C)c2c1C(O)=C1C(=O)[C@]3(O[Si](C)(C)C(C)(C)C)C(=O)c4c(OCCCC)noc4[C@@H](N(C)C)[C@@H]3C[C@]1(CO)C2. The molecule has 276 valence electrons. The second-order valence-electron chi connectivity index (χ2n) is 16.3. The molecule has 2 aromatic rings. The molecule has 0 unspecified atom stereocenters. The van der Waals surface area contributed by atoms with E-state index in [-0.39, 0.29) is 40.7 Å². The number of benzene rings is 1. The topological polar surface area (TPSA) is 135 Å². The maximum atomic E-state index is 15.8. The van der Waals surface area contributed by atoms with E-state index in [1.807, 2.05) is 70.1 Å². The minimum atomic E-state index is -2.90.